The molecule has 0 bridgehead atoms. The molecule has 0 radical (unpaired) electrons. The highest BCUT2D eigenvalue weighted by atomic mass is 79.9. The Hall–Kier alpha value is -0.380. The normalized spacial score (nSPS) is 26.8. The summed E-state index contributed by atoms with van der Waals surface area (Å²) in [6, 6.07) is 9.12. The fraction of sp³-hybridized carbons (Fsp3) is 0.571. The number of nitrogens with zero attached hydrogens (tertiary/aromatic N) is 1. The van der Waals surface area contributed by atoms with Gasteiger partial charge in [0.2, 0.25) is 0 Å². The van der Waals surface area contributed by atoms with Gasteiger partial charge >= 0.3 is 0 Å². The molecule has 94 valence electrons. The number of nitrogens with two attached hydrogens (primary N) is 1. The fourth-order valence-corrected chi connectivity index (χ4v) is 3.31. The van der Waals surface area contributed by atoms with E-state index in [1.807, 2.05) is 0 Å². The average Bonchev–Trinajstić information content (AvgIpc) is 2.50. The Balaban J connectivity index is 2.30. The van der Waals surface area contributed by atoms with Gasteiger partial charge in [-0.15, -0.1) is 0 Å². The average molecular weight is 297 g/mol. The Labute approximate surface area is 112 Å². The van der Waals surface area contributed by atoms with E-state index in [1.54, 1.807) is 0 Å². The largest absolute Gasteiger partial charge is 0.330 e. The first-order valence-electron chi connectivity index (χ1n) is 6.38. The van der Waals surface area contributed by atoms with Crippen molar-refractivity contribution in [2.75, 3.05) is 20.1 Å². The summed E-state index contributed by atoms with van der Waals surface area (Å²) >= 11 is 3.56. The summed E-state index contributed by atoms with van der Waals surface area (Å²) in [6.07, 6.45) is 3.84. The van der Waals surface area contributed by atoms with Crippen molar-refractivity contribution in [1.29, 1.82) is 0 Å². The van der Waals surface area contributed by atoms with Crippen LogP contribution in [0, 0.1) is 5.92 Å². The van der Waals surface area contributed by atoms with E-state index in [9.17, 15) is 0 Å². The number of likely N-dealkylation sites (tertiary alicyclic amines) is 1. The van der Waals surface area contributed by atoms with Gasteiger partial charge in [-0.25, -0.2) is 0 Å². The van der Waals surface area contributed by atoms with Crippen LogP contribution in [0.15, 0.2) is 28.7 Å². The molecule has 0 amide bonds. The first kappa shape index (κ1) is 13.1. The second kappa shape index (κ2) is 5.98. The summed E-state index contributed by atoms with van der Waals surface area (Å²) in [4.78, 5) is 2.46. The highest BCUT2D eigenvalue weighted by Gasteiger charge is 2.27. The van der Waals surface area contributed by atoms with Gasteiger partial charge in [0.15, 0.2) is 0 Å². The summed E-state index contributed by atoms with van der Waals surface area (Å²) in [5, 5.41) is 0. The maximum absolute atomic E-state index is 5.96. The van der Waals surface area contributed by atoms with E-state index in [-0.39, 0.29) is 0 Å². The minimum Gasteiger partial charge on any atom is -0.330 e. The molecule has 1 saturated heterocycles. The third-order valence-electron chi connectivity index (χ3n) is 3.75. The highest BCUT2D eigenvalue weighted by molar-refractivity contribution is 9.10. The maximum atomic E-state index is 5.96. The number of rotatable bonds is 2. The van der Waals surface area contributed by atoms with Gasteiger partial charge in [-0.05, 0) is 56.6 Å². The summed E-state index contributed by atoms with van der Waals surface area (Å²) in [6.45, 7) is 1.95. The molecule has 3 heteroatoms. The lowest BCUT2D eigenvalue weighted by atomic mass is 9.89. The topological polar surface area (TPSA) is 29.3 Å². The Kier molecular flexibility index (Phi) is 4.60. The van der Waals surface area contributed by atoms with Crippen LogP contribution in [-0.4, -0.2) is 25.0 Å². The minimum absolute atomic E-state index is 0.472. The minimum atomic E-state index is 0.472. The van der Waals surface area contributed by atoms with Crippen LogP contribution in [0.1, 0.15) is 30.9 Å². The molecule has 2 nitrogen and oxygen atoms in total. The van der Waals surface area contributed by atoms with Gasteiger partial charge < -0.3 is 5.73 Å². The lowest BCUT2D eigenvalue weighted by Gasteiger charge is -2.32. The molecule has 17 heavy (non-hydrogen) atoms. The number of benzene rings is 1. The van der Waals surface area contributed by atoms with Crippen molar-refractivity contribution in [3.8, 4) is 0 Å². The first-order valence-corrected chi connectivity index (χ1v) is 7.17. The molecule has 1 fully saturated rings. The second-order valence-corrected chi connectivity index (χ2v) is 5.89. The van der Waals surface area contributed by atoms with E-state index in [0.29, 0.717) is 12.0 Å². The molecule has 1 aliphatic rings. The zero-order valence-corrected chi connectivity index (χ0v) is 12.0. The second-order valence-electron chi connectivity index (χ2n) is 4.97. The fourth-order valence-electron chi connectivity index (χ4n) is 2.89. The van der Waals surface area contributed by atoms with Crippen LogP contribution < -0.4 is 5.73 Å². The molecule has 1 aromatic rings. The smallest absolute Gasteiger partial charge is 0.0385 e. The lowest BCUT2D eigenvalue weighted by Crippen LogP contribution is -2.32. The van der Waals surface area contributed by atoms with Crippen LogP contribution in [0.25, 0.3) is 0 Å². The molecule has 1 aliphatic heterocycles. The molecular weight excluding hydrogens is 276 g/mol. The quantitative estimate of drug-likeness (QED) is 0.908. The van der Waals surface area contributed by atoms with E-state index in [0.717, 1.165) is 11.0 Å². The predicted molar refractivity (Wildman–Crippen MR) is 75.9 cm³/mol. The van der Waals surface area contributed by atoms with E-state index < -0.39 is 0 Å². The maximum Gasteiger partial charge on any atom is 0.0385 e. The van der Waals surface area contributed by atoms with Gasteiger partial charge in [-0.1, -0.05) is 34.5 Å². The van der Waals surface area contributed by atoms with E-state index in [4.69, 9.17) is 5.73 Å². The predicted octanol–water partition coefficient (Wildman–Crippen LogP) is 3.18. The van der Waals surface area contributed by atoms with Crippen LogP contribution in [0.5, 0.6) is 0 Å². The molecule has 0 aromatic heterocycles. The van der Waals surface area contributed by atoms with Crippen molar-refractivity contribution in [3.63, 3.8) is 0 Å². The van der Waals surface area contributed by atoms with Crippen LogP contribution in [0.3, 0.4) is 0 Å². The molecule has 0 aliphatic carbocycles. The molecule has 2 atom stereocenters. The Morgan fingerprint density at radius 1 is 1.41 bits per heavy atom. The highest BCUT2D eigenvalue weighted by Crippen LogP contribution is 2.34. The van der Waals surface area contributed by atoms with Crippen LogP contribution in [0.4, 0.5) is 0 Å². The summed E-state index contributed by atoms with van der Waals surface area (Å²) in [7, 11) is 2.22. The molecule has 0 spiro atoms. The van der Waals surface area contributed by atoms with Crippen LogP contribution >= 0.6 is 15.9 Å². The Morgan fingerprint density at radius 2 is 2.24 bits per heavy atom. The monoisotopic (exact) mass is 296 g/mol. The molecule has 1 heterocycles. The zero-order chi connectivity index (χ0) is 12.3. The molecule has 1 aromatic carbocycles. The lowest BCUT2D eigenvalue weighted by molar-refractivity contribution is 0.196. The SMILES string of the molecule is CN1CCCCC(CN)C1c1cccc(Br)c1. The first-order chi connectivity index (χ1) is 8.22. The summed E-state index contributed by atoms with van der Waals surface area (Å²) < 4.78 is 1.16. The zero-order valence-electron chi connectivity index (χ0n) is 10.4. The summed E-state index contributed by atoms with van der Waals surface area (Å²) in [5.74, 6) is 0.580. The van der Waals surface area contributed by atoms with E-state index in [2.05, 4.69) is 52.1 Å². The number of hydrogen-bond donors (Lipinski definition) is 1. The molecule has 2 N–H and O–H groups in total. The van der Waals surface area contributed by atoms with Crippen molar-refractivity contribution in [2.24, 2.45) is 11.7 Å². The molecule has 0 saturated carbocycles. The third-order valence-corrected chi connectivity index (χ3v) is 4.24. The number of halogens is 1. The van der Waals surface area contributed by atoms with Crippen LogP contribution in [0.2, 0.25) is 0 Å². The van der Waals surface area contributed by atoms with Crippen molar-refractivity contribution >= 4 is 15.9 Å². The Morgan fingerprint density at radius 3 is 2.94 bits per heavy atom. The van der Waals surface area contributed by atoms with Gasteiger partial charge in [0.1, 0.15) is 0 Å². The summed E-state index contributed by atoms with van der Waals surface area (Å²) in [5.41, 5.74) is 7.35. The van der Waals surface area contributed by atoms with Crippen molar-refractivity contribution in [2.45, 2.75) is 25.3 Å². The van der Waals surface area contributed by atoms with Crippen molar-refractivity contribution < 1.29 is 0 Å². The molecule has 2 rings (SSSR count). The Bertz CT molecular complexity index is 367. The van der Waals surface area contributed by atoms with Gasteiger partial charge in [0, 0.05) is 10.5 Å². The van der Waals surface area contributed by atoms with Crippen molar-refractivity contribution in [1.82, 2.24) is 4.90 Å². The number of hydrogen-bond acceptors (Lipinski definition) is 2. The van der Waals surface area contributed by atoms with E-state index >= 15 is 0 Å². The molecule has 2 unspecified atom stereocenters. The van der Waals surface area contributed by atoms with Crippen molar-refractivity contribution in [3.05, 3.63) is 34.3 Å². The van der Waals surface area contributed by atoms with E-state index in [1.165, 1.54) is 31.4 Å². The van der Waals surface area contributed by atoms with Crippen LogP contribution in [-0.2, 0) is 0 Å². The van der Waals surface area contributed by atoms with Gasteiger partial charge in [-0.3, -0.25) is 4.90 Å². The van der Waals surface area contributed by atoms with Gasteiger partial charge in [0.05, 0.1) is 0 Å². The molecular formula is C14H21BrN2. The standard InChI is InChI=1S/C14H21BrN2/c1-17-8-3-2-5-12(10-16)14(17)11-6-4-7-13(15)9-11/h4,6-7,9,12,14H,2-3,5,8,10,16H2,1H3. The third kappa shape index (κ3) is 3.09. The van der Waals surface area contributed by atoms with Gasteiger partial charge in [-0.2, -0.15) is 0 Å². The van der Waals surface area contributed by atoms with Gasteiger partial charge in [0.25, 0.3) is 0 Å².